The molecule has 18 aromatic rings. The molecule has 0 N–H and O–H groups in total. The number of hydrogen-bond acceptors (Lipinski definition) is 7. The molecule has 0 unspecified atom stereocenters. The van der Waals surface area contributed by atoms with Gasteiger partial charge in [0.05, 0.1) is 11.4 Å². The Bertz CT molecular complexity index is 5890. The first kappa shape index (κ1) is 57.4. The zero-order chi connectivity index (χ0) is 64.9. The van der Waals surface area contributed by atoms with Gasteiger partial charge in [-0.15, -0.1) is 0 Å². The molecule has 0 saturated heterocycles. The molecule has 14 aromatic carbocycles. The van der Waals surface area contributed by atoms with Gasteiger partial charge in [0.25, 0.3) is 0 Å². The Kier molecular flexibility index (Phi) is 14.4. The maximum absolute atomic E-state index is 6.76. The summed E-state index contributed by atoms with van der Waals surface area (Å²) in [5.41, 5.74) is 25.6. The van der Waals surface area contributed by atoms with Gasteiger partial charge in [-0.1, -0.05) is 291 Å². The van der Waals surface area contributed by atoms with Crippen molar-refractivity contribution >= 4 is 43.9 Å². The van der Waals surface area contributed by atoms with Gasteiger partial charge < -0.3 is 8.83 Å². The Morgan fingerprint density at radius 3 is 1.03 bits per heavy atom. The second-order valence-corrected chi connectivity index (χ2v) is 24.7. The van der Waals surface area contributed by atoms with E-state index in [1.165, 1.54) is 0 Å². The van der Waals surface area contributed by atoms with Gasteiger partial charge in [0.2, 0.25) is 0 Å². The average Bonchev–Trinajstić information content (AvgIpc) is 1.31. The molecule has 7 nitrogen and oxygen atoms in total. The van der Waals surface area contributed by atoms with Crippen molar-refractivity contribution in [3.63, 3.8) is 0 Å². The SMILES string of the molecule is c1ccc(-c2ccc(-c3cc(-c4ccc(-c5cccc(-c6cccc(-c7cc(-c8nc(-c9ccc(-c%10ccccc%10)cc9)nc(-c9ccc(-c%10ccccc%10)cc9)n8)c8c(c7)oc7ccccc78)c6)c5)cc4)nc(-c4cccc5oc6ccc(-c7ccccc7)cc6c45)n3)cc2)cc1. The van der Waals surface area contributed by atoms with Crippen molar-refractivity contribution in [2.24, 2.45) is 0 Å². The first-order chi connectivity index (χ1) is 48.5. The van der Waals surface area contributed by atoms with Crippen LogP contribution in [0.1, 0.15) is 0 Å². The molecule has 0 saturated carbocycles. The monoisotopic (exact) mass is 1250 g/mol. The first-order valence-corrected chi connectivity index (χ1v) is 32.9. The molecular weight excluding hydrogens is 1200 g/mol. The number of rotatable bonds is 13. The molecule has 4 aromatic heterocycles. The fourth-order valence-corrected chi connectivity index (χ4v) is 13.6. The summed E-state index contributed by atoms with van der Waals surface area (Å²) in [5.74, 6) is 2.31. The second kappa shape index (κ2) is 24.6. The van der Waals surface area contributed by atoms with E-state index in [9.17, 15) is 0 Å². The van der Waals surface area contributed by atoms with Gasteiger partial charge in [-0.3, -0.25) is 0 Å². The highest BCUT2D eigenvalue weighted by atomic mass is 16.3. The predicted octanol–water partition coefficient (Wildman–Crippen LogP) is 24.1. The first-order valence-electron chi connectivity index (χ1n) is 32.9. The maximum Gasteiger partial charge on any atom is 0.164 e. The fraction of sp³-hybridized carbons (Fsp3) is 0. The van der Waals surface area contributed by atoms with Crippen LogP contribution < -0.4 is 0 Å². The normalized spacial score (nSPS) is 11.5. The van der Waals surface area contributed by atoms with Crippen LogP contribution in [0.5, 0.6) is 0 Å². The van der Waals surface area contributed by atoms with Crippen LogP contribution in [-0.2, 0) is 0 Å². The molecule has 7 heteroatoms. The minimum atomic E-state index is 0.547. The number of para-hydroxylation sites is 1. The third-order valence-electron chi connectivity index (χ3n) is 18.6. The van der Waals surface area contributed by atoms with Crippen molar-refractivity contribution in [3.8, 4) is 146 Å². The Morgan fingerprint density at radius 2 is 0.500 bits per heavy atom. The zero-order valence-corrected chi connectivity index (χ0v) is 53.0. The predicted molar refractivity (Wildman–Crippen MR) is 401 cm³/mol. The lowest BCUT2D eigenvalue weighted by Crippen LogP contribution is -2.01. The molecule has 18 rings (SSSR count). The van der Waals surface area contributed by atoms with E-state index in [1.54, 1.807) is 0 Å². The highest BCUT2D eigenvalue weighted by Crippen LogP contribution is 2.43. The van der Waals surface area contributed by atoms with E-state index in [4.69, 9.17) is 33.8 Å². The Balaban J connectivity index is 0.702. The molecule has 0 aliphatic rings. The van der Waals surface area contributed by atoms with E-state index >= 15 is 0 Å². The average molecular weight is 1250 g/mol. The van der Waals surface area contributed by atoms with Crippen molar-refractivity contribution in [2.45, 2.75) is 0 Å². The minimum Gasteiger partial charge on any atom is -0.456 e. The van der Waals surface area contributed by atoms with Crippen molar-refractivity contribution in [1.82, 2.24) is 24.9 Å². The topological polar surface area (TPSA) is 90.7 Å². The number of nitrogens with zero attached hydrogens (tertiary/aromatic N) is 5. The third kappa shape index (κ3) is 11.0. The van der Waals surface area contributed by atoms with Crippen LogP contribution in [0.3, 0.4) is 0 Å². The highest BCUT2D eigenvalue weighted by molar-refractivity contribution is 6.14. The molecule has 0 fully saturated rings. The van der Waals surface area contributed by atoms with Crippen LogP contribution in [0, 0.1) is 0 Å². The summed E-state index contributed by atoms with van der Waals surface area (Å²) in [4.78, 5) is 26.7. The van der Waals surface area contributed by atoms with Gasteiger partial charge in [0.15, 0.2) is 23.3 Å². The molecule has 458 valence electrons. The maximum atomic E-state index is 6.76. The van der Waals surface area contributed by atoms with Crippen molar-refractivity contribution < 1.29 is 8.83 Å². The van der Waals surface area contributed by atoms with Crippen LogP contribution >= 0.6 is 0 Å². The third-order valence-corrected chi connectivity index (χ3v) is 18.6. The van der Waals surface area contributed by atoms with E-state index in [1.807, 2.05) is 48.5 Å². The zero-order valence-electron chi connectivity index (χ0n) is 53.0. The smallest absolute Gasteiger partial charge is 0.164 e. The quantitative estimate of drug-likeness (QED) is 0.114. The molecule has 0 aliphatic heterocycles. The van der Waals surface area contributed by atoms with E-state index < -0.39 is 0 Å². The summed E-state index contributed by atoms with van der Waals surface area (Å²) >= 11 is 0. The van der Waals surface area contributed by atoms with E-state index in [0.717, 1.165) is 167 Å². The van der Waals surface area contributed by atoms with Gasteiger partial charge in [0, 0.05) is 54.9 Å². The lowest BCUT2D eigenvalue weighted by atomic mass is 9.94. The molecule has 0 radical (unpaired) electrons. The Hall–Kier alpha value is -13.2. The summed E-state index contributed by atoms with van der Waals surface area (Å²) in [5, 5.41) is 3.91. The van der Waals surface area contributed by atoms with E-state index in [-0.39, 0.29) is 0 Å². The van der Waals surface area contributed by atoms with Crippen molar-refractivity contribution in [1.29, 1.82) is 0 Å². The summed E-state index contributed by atoms with van der Waals surface area (Å²) in [7, 11) is 0. The summed E-state index contributed by atoms with van der Waals surface area (Å²) in [6.45, 7) is 0. The van der Waals surface area contributed by atoms with Crippen molar-refractivity contribution in [2.75, 3.05) is 0 Å². The molecular formula is C91H57N5O2. The lowest BCUT2D eigenvalue weighted by molar-refractivity contribution is 0.668. The van der Waals surface area contributed by atoms with Gasteiger partial charge in [0.1, 0.15) is 22.3 Å². The highest BCUT2D eigenvalue weighted by Gasteiger charge is 2.22. The standard InChI is InChI=1S/C91H57N5O2/c1-5-18-58(19-6-1)62-34-42-66(43-35-62)80-57-81(93-90(92-80)77-31-17-33-84-87(77)78-54-74(50-51-83(78)97-84)61-24-11-4-12-25-61)67-44-36-65(37-45-67)70-26-15-27-71(52-70)72-28-16-29-73(53-72)75-55-79(86-76-30-13-14-32-82(76)98-85(86)56-75)91-95-88(68-46-38-63(39-47-68)59-20-7-2-8-21-59)94-89(96-91)69-48-40-64(41-49-69)60-22-9-3-10-23-60/h1-57H. The van der Waals surface area contributed by atoms with Crippen LogP contribution in [-0.4, -0.2) is 24.9 Å². The van der Waals surface area contributed by atoms with Crippen molar-refractivity contribution in [3.05, 3.63) is 346 Å². The molecule has 98 heavy (non-hydrogen) atoms. The second-order valence-electron chi connectivity index (χ2n) is 24.7. The summed E-state index contributed by atoms with van der Waals surface area (Å²) < 4.78 is 13.3. The number of aromatic nitrogens is 5. The molecule has 0 atom stereocenters. The van der Waals surface area contributed by atoms with Gasteiger partial charge in [-0.25, -0.2) is 24.9 Å². The number of hydrogen-bond donors (Lipinski definition) is 0. The van der Waals surface area contributed by atoms with Crippen LogP contribution in [0.15, 0.2) is 355 Å². The molecule has 0 aliphatic carbocycles. The van der Waals surface area contributed by atoms with Crippen LogP contribution in [0.4, 0.5) is 0 Å². The summed E-state index contributed by atoms with van der Waals surface area (Å²) in [6, 6.07) is 121. The molecule has 0 spiro atoms. The van der Waals surface area contributed by atoms with E-state index in [2.05, 4.69) is 297 Å². The fourth-order valence-electron chi connectivity index (χ4n) is 13.6. The molecule has 4 heterocycles. The Labute approximate surface area is 566 Å². The van der Waals surface area contributed by atoms with Gasteiger partial charge in [-0.05, 0) is 132 Å². The minimum absolute atomic E-state index is 0.547. The van der Waals surface area contributed by atoms with Gasteiger partial charge >= 0.3 is 0 Å². The lowest BCUT2D eigenvalue weighted by Gasteiger charge is -2.13. The summed E-state index contributed by atoms with van der Waals surface area (Å²) in [6.07, 6.45) is 0. The Morgan fingerprint density at radius 1 is 0.163 bits per heavy atom. The number of fused-ring (bicyclic) bond motifs is 6. The number of benzene rings is 14. The van der Waals surface area contributed by atoms with Crippen LogP contribution in [0.25, 0.3) is 190 Å². The van der Waals surface area contributed by atoms with Crippen LogP contribution in [0.2, 0.25) is 0 Å². The number of furan rings is 2. The molecule has 0 amide bonds. The van der Waals surface area contributed by atoms with Gasteiger partial charge in [-0.2, -0.15) is 0 Å². The largest absolute Gasteiger partial charge is 0.456 e. The molecule has 0 bridgehead atoms. The van der Waals surface area contributed by atoms with E-state index in [0.29, 0.717) is 23.3 Å².